The van der Waals surface area contributed by atoms with Gasteiger partial charge in [0, 0.05) is 24.1 Å². The Morgan fingerprint density at radius 2 is 1.84 bits per heavy atom. The summed E-state index contributed by atoms with van der Waals surface area (Å²) >= 11 is 0. The fraction of sp³-hybridized carbons (Fsp3) is 0.438. The van der Waals surface area contributed by atoms with Crippen molar-refractivity contribution in [2.75, 3.05) is 5.32 Å². The molecule has 19 heavy (non-hydrogen) atoms. The molecule has 1 saturated carbocycles. The molecule has 1 aromatic heterocycles. The van der Waals surface area contributed by atoms with Gasteiger partial charge in [-0.3, -0.25) is 4.57 Å². The number of nitrogens with zero attached hydrogens (tertiary/aromatic N) is 2. The van der Waals surface area contributed by atoms with Crippen LogP contribution in [0.2, 0.25) is 0 Å². The molecule has 3 heteroatoms. The van der Waals surface area contributed by atoms with E-state index in [0.29, 0.717) is 6.04 Å². The van der Waals surface area contributed by atoms with Gasteiger partial charge in [0.15, 0.2) is 0 Å². The van der Waals surface area contributed by atoms with E-state index in [1.807, 2.05) is 18.5 Å². The molecule has 1 aliphatic carbocycles. The maximum Gasteiger partial charge on any atom is 0.207 e. The lowest BCUT2D eigenvalue weighted by Gasteiger charge is -2.27. The Morgan fingerprint density at radius 1 is 1.11 bits per heavy atom. The molecule has 0 amide bonds. The molecule has 0 unspecified atom stereocenters. The molecule has 0 spiro atoms. The van der Waals surface area contributed by atoms with E-state index in [1.165, 1.54) is 25.7 Å². The molecule has 2 aromatic rings. The molecule has 0 bridgehead atoms. The van der Waals surface area contributed by atoms with E-state index >= 15 is 0 Å². The van der Waals surface area contributed by atoms with Gasteiger partial charge in [-0.05, 0) is 43.7 Å². The summed E-state index contributed by atoms with van der Waals surface area (Å²) in [6, 6.07) is 10.9. The molecule has 0 saturated heterocycles. The highest BCUT2D eigenvalue weighted by Crippen LogP contribution is 2.26. The molecule has 1 N–H and O–H groups in total. The van der Waals surface area contributed by atoms with E-state index in [-0.39, 0.29) is 0 Å². The number of benzene rings is 1. The van der Waals surface area contributed by atoms with Gasteiger partial charge in [-0.15, -0.1) is 0 Å². The van der Waals surface area contributed by atoms with Crippen LogP contribution in [0.15, 0.2) is 42.7 Å². The normalized spacial score (nSPS) is 23.2. The second-order valence-corrected chi connectivity index (χ2v) is 5.56. The van der Waals surface area contributed by atoms with Gasteiger partial charge in [-0.25, -0.2) is 4.98 Å². The Hall–Kier alpha value is -1.77. The number of rotatable bonds is 3. The second kappa shape index (κ2) is 5.47. The van der Waals surface area contributed by atoms with Crippen molar-refractivity contribution in [2.45, 2.75) is 38.6 Å². The molecule has 3 rings (SSSR count). The maximum absolute atomic E-state index is 4.46. The summed E-state index contributed by atoms with van der Waals surface area (Å²) in [5, 5.41) is 3.60. The first kappa shape index (κ1) is 12.3. The minimum Gasteiger partial charge on any atom is -0.353 e. The highest BCUT2D eigenvalue weighted by atomic mass is 15.2. The van der Waals surface area contributed by atoms with Crippen LogP contribution in [-0.2, 0) is 0 Å². The molecule has 1 aliphatic rings. The molecule has 0 radical (unpaired) electrons. The first-order valence-electron chi connectivity index (χ1n) is 7.18. The highest BCUT2D eigenvalue weighted by molar-refractivity contribution is 5.42. The van der Waals surface area contributed by atoms with Crippen LogP contribution in [0.25, 0.3) is 5.69 Å². The zero-order valence-corrected chi connectivity index (χ0v) is 11.4. The van der Waals surface area contributed by atoms with Crippen LogP contribution in [0.5, 0.6) is 0 Å². The first-order chi connectivity index (χ1) is 9.33. The van der Waals surface area contributed by atoms with Gasteiger partial charge in [-0.1, -0.05) is 25.1 Å². The van der Waals surface area contributed by atoms with Crippen molar-refractivity contribution in [1.82, 2.24) is 9.55 Å². The summed E-state index contributed by atoms with van der Waals surface area (Å²) in [6.45, 7) is 2.35. The van der Waals surface area contributed by atoms with Crippen LogP contribution in [0, 0.1) is 5.92 Å². The predicted molar refractivity (Wildman–Crippen MR) is 78.6 cm³/mol. The molecule has 1 aromatic carbocycles. The van der Waals surface area contributed by atoms with Crippen molar-refractivity contribution in [3.05, 3.63) is 42.7 Å². The largest absolute Gasteiger partial charge is 0.353 e. The lowest BCUT2D eigenvalue weighted by Crippen LogP contribution is -2.26. The number of nitrogens with one attached hydrogen (secondary N) is 1. The third-order valence-electron chi connectivity index (χ3n) is 4.02. The van der Waals surface area contributed by atoms with Gasteiger partial charge >= 0.3 is 0 Å². The standard InChI is InChI=1S/C16H21N3/c1-13-7-9-14(10-8-13)18-16-17-11-12-19(16)15-5-3-2-4-6-15/h2-6,11-14H,7-10H2,1H3,(H,17,18). The summed E-state index contributed by atoms with van der Waals surface area (Å²) in [7, 11) is 0. The van der Waals surface area contributed by atoms with Gasteiger partial charge in [-0.2, -0.15) is 0 Å². The topological polar surface area (TPSA) is 29.9 Å². The summed E-state index contributed by atoms with van der Waals surface area (Å²) in [4.78, 5) is 4.46. The van der Waals surface area contributed by atoms with Crippen LogP contribution < -0.4 is 5.32 Å². The van der Waals surface area contributed by atoms with Crippen molar-refractivity contribution in [2.24, 2.45) is 5.92 Å². The number of imidazole rings is 1. The number of aromatic nitrogens is 2. The minimum atomic E-state index is 0.570. The Labute approximate surface area is 114 Å². The summed E-state index contributed by atoms with van der Waals surface area (Å²) < 4.78 is 2.12. The van der Waals surface area contributed by atoms with E-state index in [0.717, 1.165) is 17.6 Å². The summed E-state index contributed by atoms with van der Waals surface area (Å²) in [5.74, 6) is 1.85. The van der Waals surface area contributed by atoms with Gasteiger partial charge in [0.25, 0.3) is 0 Å². The fourth-order valence-corrected chi connectivity index (χ4v) is 2.79. The third-order valence-corrected chi connectivity index (χ3v) is 4.02. The monoisotopic (exact) mass is 255 g/mol. The molecule has 3 nitrogen and oxygen atoms in total. The third kappa shape index (κ3) is 2.80. The number of anilines is 1. The van der Waals surface area contributed by atoms with E-state index in [2.05, 4.69) is 46.1 Å². The highest BCUT2D eigenvalue weighted by Gasteiger charge is 2.19. The van der Waals surface area contributed by atoms with Crippen molar-refractivity contribution in [3.63, 3.8) is 0 Å². The smallest absolute Gasteiger partial charge is 0.207 e. The van der Waals surface area contributed by atoms with E-state index in [4.69, 9.17) is 0 Å². The SMILES string of the molecule is CC1CCC(Nc2nccn2-c2ccccc2)CC1. The molecule has 1 fully saturated rings. The van der Waals surface area contributed by atoms with Crippen molar-refractivity contribution in [3.8, 4) is 5.69 Å². The zero-order chi connectivity index (χ0) is 13.1. The minimum absolute atomic E-state index is 0.570. The lowest BCUT2D eigenvalue weighted by atomic mass is 9.87. The number of para-hydroxylation sites is 1. The van der Waals surface area contributed by atoms with Crippen LogP contribution in [0.1, 0.15) is 32.6 Å². The molecular weight excluding hydrogens is 234 g/mol. The Kier molecular flexibility index (Phi) is 3.53. The van der Waals surface area contributed by atoms with Crippen molar-refractivity contribution < 1.29 is 0 Å². The van der Waals surface area contributed by atoms with Gasteiger partial charge < -0.3 is 5.32 Å². The Bertz CT molecular complexity index is 510. The molecular formula is C16H21N3. The van der Waals surface area contributed by atoms with Crippen LogP contribution in [-0.4, -0.2) is 15.6 Å². The summed E-state index contributed by atoms with van der Waals surface area (Å²) in [5.41, 5.74) is 1.16. The van der Waals surface area contributed by atoms with E-state index in [9.17, 15) is 0 Å². The molecule has 0 aliphatic heterocycles. The Morgan fingerprint density at radius 3 is 2.58 bits per heavy atom. The fourth-order valence-electron chi connectivity index (χ4n) is 2.79. The maximum atomic E-state index is 4.46. The van der Waals surface area contributed by atoms with Crippen molar-refractivity contribution >= 4 is 5.95 Å². The van der Waals surface area contributed by atoms with Crippen LogP contribution in [0.3, 0.4) is 0 Å². The van der Waals surface area contributed by atoms with E-state index in [1.54, 1.807) is 0 Å². The molecule has 1 heterocycles. The predicted octanol–water partition coefficient (Wildman–Crippen LogP) is 3.86. The quantitative estimate of drug-likeness (QED) is 0.902. The van der Waals surface area contributed by atoms with Crippen LogP contribution in [0.4, 0.5) is 5.95 Å². The summed E-state index contributed by atoms with van der Waals surface area (Å²) in [6.07, 6.45) is 9.03. The lowest BCUT2D eigenvalue weighted by molar-refractivity contribution is 0.360. The number of hydrogen-bond donors (Lipinski definition) is 1. The Balaban J connectivity index is 1.74. The van der Waals surface area contributed by atoms with Gasteiger partial charge in [0.2, 0.25) is 5.95 Å². The number of hydrogen-bond acceptors (Lipinski definition) is 2. The van der Waals surface area contributed by atoms with Gasteiger partial charge in [0.05, 0.1) is 0 Å². The molecule has 100 valence electrons. The van der Waals surface area contributed by atoms with Crippen molar-refractivity contribution in [1.29, 1.82) is 0 Å². The first-order valence-corrected chi connectivity index (χ1v) is 7.18. The zero-order valence-electron chi connectivity index (χ0n) is 11.4. The molecule has 0 atom stereocenters. The van der Waals surface area contributed by atoms with Crippen LogP contribution >= 0.6 is 0 Å². The van der Waals surface area contributed by atoms with E-state index < -0.39 is 0 Å². The average Bonchev–Trinajstić information content (AvgIpc) is 2.90. The van der Waals surface area contributed by atoms with Gasteiger partial charge in [0.1, 0.15) is 0 Å². The average molecular weight is 255 g/mol. The second-order valence-electron chi connectivity index (χ2n) is 5.56.